The van der Waals surface area contributed by atoms with Crippen molar-refractivity contribution in [3.63, 3.8) is 0 Å². The third-order valence-corrected chi connectivity index (χ3v) is 9.05. The van der Waals surface area contributed by atoms with E-state index in [9.17, 15) is 54.2 Å². The van der Waals surface area contributed by atoms with Gasteiger partial charge in [0.2, 0.25) is 0 Å². The van der Waals surface area contributed by atoms with E-state index in [4.69, 9.17) is 5.73 Å². The third kappa shape index (κ3) is 7.01. The fourth-order valence-electron chi connectivity index (χ4n) is 4.40. The molecule has 17 nitrogen and oxygen atoms in total. The van der Waals surface area contributed by atoms with Crippen LogP contribution in [0.15, 0.2) is 102 Å². The third-order valence-electron chi connectivity index (χ3n) is 6.45. The Balaban J connectivity index is 0.00000500. The van der Waals surface area contributed by atoms with Gasteiger partial charge in [0, 0.05) is 38.9 Å². The molecule has 8 N–H and O–H groups in total. The number of hydrogen-bond acceptors (Lipinski definition) is 14. The predicted molar refractivity (Wildman–Crippen MR) is 162 cm³/mol. The Morgan fingerprint density at radius 1 is 0.596 bits per heavy atom. The summed E-state index contributed by atoms with van der Waals surface area (Å²) >= 11 is 0. The first-order valence-corrected chi connectivity index (χ1v) is 16.6. The van der Waals surface area contributed by atoms with Gasteiger partial charge in [-0.2, -0.15) is 30.4 Å². The number of nitrogens with two attached hydrogens (primary N) is 1. The minimum Gasteiger partial charge on any atom is -0.506 e. The molecule has 249 valence electrons. The van der Waals surface area contributed by atoms with Gasteiger partial charge in [-0.15, -0.1) is 15.3 Å². The molecule has 5 aromatic rings. The van der Waals surface area contributed by atoms with E-state index in [1.54, 1.807) is 6.07 Å². The second kappa shape index (κ2) is 12.5. The summed E-state index contributed by atoms with van der Waals surface area (Å²) in [6.07, 6.45) is 0. The van der Waals surface area contributed by atoms with Gasteiger partial charge in [0.25, 0.3) is 30.4 Å². The number of para-hydroxylation sites is 1. The summed E-state index contributed by atoms with van der Waals surface area (Å²) in [6, 6.07) is 12.2. The smallest absolute Gasteiger partial charge is 0.296 e. The summed E-state index contributed by atoms with van der Waals surface area (Å²) in [7, 11) is -14.9. The number of hydrogen-bond donors (Lipinski definition) is 7. The Bertz CT molecular complexity index is 2510. The number of phenols is 3. The molecule has 0 fully saturated rings. The van der Waals surface area contributed by atoms with Crippen LogP contribution in [0.5, 0.6) is 17.2 Å². The summed E-state index contributed by atoms with van der Waals surface area (Å²) in [5, 5.41) is 45.6. The van der Waals surface area contributed by atoms with Gasteiger partial charge in [-0.25, -0.2) is 0 Å². The summed E-state index contributed by atoms with van der Waals surface area (Å²) < 4.78 is 101. The summed E-state index contributed by atoms with van der Waals surface area (Å²) in [5.41, 5.74) is 3.96. The van der Waals surface area contributed by atoms with Crippen molar-refractivity contribution >= 4 is 80.3 Å². The maximum absolute atomic E-state index is 12.3. The van der Waals surface area contributed by atoms with Crippen LogP contribution in [0.25, 0.3) is 21.5 Å². The van der Waals surface area contributed by atoms with Crippen LogP contribution >= 0.6 is 0 Å². The van der Waals surface area contributed by atoms with Gasteiger partial charge in [-0.05, 0) is 60.0 Å². The van der Waals surface area contributed by atoms with E-state index in [-0.39, 0.29) is 55.7 Å². The first kappa shape index (κ1) is 35.1. The van der Waals surface area contributed by atoms with E-state index < -0.39 is 73.6 Å². The topological polar surface area (TPSA) is 299 Å². The first-order chi connectivity index (χ1) is 21.4. The van der Waals surface area contributed by atoms with Gasteiger partial charge in [-0.3, -0.25) is 13.7 Å². The van der Waals surface area contributed by atoms with Crippen molar-refractivity contribution in [3.05, 3.63) is 66.7 Å². The number of nitrogens with zero attached hydrogens (tertiary/aromatic N) is 4. The molecule has 21 heteroatoms. The standard InChI is InChI=1S/C26H19N5O12S3.Cu/c27-17-10-14(44(35,36)37)7-12-8-22(46(41,42)43)24(26(34)23(12)17)31-28-13-5-6-15-16(9-13)21(45(38,39)40)11-19(25(15)33)30-29-18-3-1-2-4-20(18)32;/h1-11,32-34H,27H2,(H,35,36,37)(H,38,39,40)(H,41,42,43);. The Morgan fingerprint density at radius 3 is 1.85 bits per heavy atom. The molecule has 0 aliphatic rings. The minimum atomic E-state index is -5.16. The molecule has 0 bridgehead atoms. The molecule has 47 heavy (non-hydrogen) atoms. The molecule has 0 atom stereocenters. The number of phenolic OH excluding ortho intramolecular Hbond substituents is 3. The van der Waals surface area contributed by atoms with Gasteiger partial charge >= 0.3 is 0 Å². The van der Waals surface area contributed by atoms with E-state index in [1.165, 1.54) is 24.3 Å². The van der Waals surface area contributed by atoms with Crippen molar-refractivity contribution in [1.29, 1.82) is 0 Å². The molecule has 0 amide bonds. The summed E-state index contributed by atoms with van der Waals surface area (Å²) in [6.45, 7) is 0. The average molecular weight is 753 g/mol. The van der Waals surface area contributed by atoms with E-state index >= 15 is 0 Å². The van der Waals surface area contributed by atoms with Crippen LogP contribution in [0.3, 0.4) is 0 Å². The quantitative estimate of drug-likeness (QED) is 0.0483. The maximum Gasteiger partial charge on any atom is 0.296 e. The van der Waals surface area contributed by atoms with E-state index in [2.05, 4.69) is 20.5 Å². The summed E-state index contributed by atoms with van der Waals surface area (Å²) in [5.74, 6) is -1.79. The maximum atomic E-state index is 12.3. The zero-order chi connectivity index (χ0) is 33.8. The van der Waals surface area contributed by atoms with Crippen molar-refractivity contribution in [2.75, 3.05) is 5.73 Å². The van der Waals surface area contributed by atoms with Gasteiger partial charge in [0.05, 0.1) is 10.6 Å². The van der Waals surface area contributed by atoms with Crippen molar-refractivity contribution < 1.29 is 71.3 Å². The molecular weight excluding hydrogens is 734 g/mol. The molecule has 0 saturated heterocycles. The van der Waals surface area contributed by atoms with Crippen LogP contribution in [0.2, 0.25) is 0 Å². The van der Waals surface area contributed by atoms with Gasteiger partial charge in [0.15, 0.2) is 11.5 Å². The molecule has 5 rings (SSSR count). The first-order valence-electron chi connectivity index (χ1n) is 12.3. The number of azo groups is 2. The Morgan fingerprint density at radius 2 is 1.23 bits per heavy atom. The molecule has 0 aliphatic heterocycles. The molecule has 1 radical (unpaired) electrons. The van der Waals surface area contributed by atoms with E-state index in [0.717, 1.165) is 36.4 Å². The normalized spacial score (nSPS) is 12.7. The molecule has 0 saturated carbocycles. The van der Waals surface area contributed by atoms with Crippen LogP contribution in [-0.2, 0) is 47.4 Å². The van der Waals surface area contributed by atoms with Crippen LogP contribution < -0.4 is 5.73 Å². The fraction of sp³-hybridized carbons (Fsp3) is 0. The number of anilines is 1. The molecule has 0 spiro atoms. The van der Waals surface area contributed by atoms with Crippen molar-refractivity contribution in [2.45, 2.75) is 14.7 Å². The van der Waals surface area contributed by atoms with E-state index in [1.807, 2.05) is 0 Å². The zero-order valence-electron chi connectivity index (χ0n) is 22.9. The average Bonchev–Trinajstić information content (AvgIpc) is 2.95. The number of rotatable bonds is 7. The van der Waals surface area contributed by atoms with Gasteiger partial charge < -0.3 is 21.1 Å². The van der Waals surface area contributed by atoms with Crippen molar-refractivity contribution in [1.82, 2.24) is 0 Å². The molecule has 5 aromatic carbocycles. The van der Waals surface area contributed by atoms with Crippen LogP contribution in [-0.4, -0.2) is 54.2 Å². The number of benzene rings is 5. The van der Waals surface area contributed by atoms with Crippen molar-refractivity contribution in [2.24, 2.45) is 20.5 Å². The minimum absolute atomic E-state index is 0. The Kier molecular flexibility index (Phi) is 9.32. The Labute approximate surface area is 275 Å². The number of aromatic hydroxyl groups is 3. The molecule has 0 aliphatic carbocycles. The SMILES string of the molecule is Nc1cc(S(=O)(=O)O)cc2cc(S(=O)(=O)O)c(N=Nc3ccc4c(O)c(N=Nc5ccccc5O)cc(S(=O)(=O)O)c4c3)c(O)c12.[Cu]. The zero-order valence-corrected chi connectivity index (χ0v) is 26.3. The largest absolute Gasteiger partial charge is 0.506 e. The van der Waals surface area contributed by atoms with E-state index in [0.29, 0.717) is 0 Å². The molecule has 0 heterocycles. The monoisotopic (exact) mass is 752 g/mol. The van der Waals surface area contributed by atoms with Gasteiger partial charge in [0.1, 0.15) is 32.6 Å². The van der Waals surface area contributed by atoms with Crippen LogP contribution in [0, 0.1) is 0 Å². The van der Waals surface area contributed by atoms with Gasteiger partial charge in [-0.1, -0.05) is 12.1 Å². The molecule has 0 aromatic heterocycles. The molecular formula is C26H19CuN5O12S3. The summed E-state index contributed by atoms with van der Waals surface area (Å²) in [4.78, 5) is -2.52. The second-order valence-corrected chi connectivity index (χ2v) is 13.7. The van der Waals surface area contributed by atoms with Crippen LogP contribution in [0.4, 0.5) is 28.4 Å². The van der Waals surface area contributed by atoms with Crippen LogP contribution in [0.1, 0.15) is 0 Å². The second-order valence-electron chi connectivity index (χ2n) is 9.47. The molecule has 0 unspecified atom stereocenters. The number of fused-ring (bicyclic) bond motifs is 2. The Hall–Kier alpha value is -4.73. The number of nitrogen functional groups attached to an aromatic ring is 1. The fourth-order valence-corrected chi connectivity index (χ4v) is 6.32. The van der Waals surface area contributed by atoms with Crippen molar-refractivity contribution in [3.8, 4) is 17.2 Å². The predicted octanol–water partition coefficient (Wildman–Crippen LogP) is 5.26.